The van der Waals surface area contributed by atoms with E-state index in [2.05, 4.69) is 25.9 Å². The highest BCUT2D eigenvalue weighted by atomic mass is 35.5. The summed E-state index contributed by atoms with van der Waals surface area (Å²) in [4.78, 5) is 33.4. The van der Waals surface area contributed by atoms with Crippen molar-refractivity contribution in [3.8, 4) is 11.3 Å². The zero-order chi connectivity index (χ0) is 22.5. The Morgan fingerprint density at radius 2 is 2.03 bits per heavy atom. The minimum atomic E-state index is -0.162. The Labute approximate surface area is 190 Å². The van der Waals surface area contributed by atoms with Crippen LogP contribution in [0.25, 0.3) is 11.3 Å². The Morgan fingerprint density at radius 1 is 1.22 bits per heavy atom. The van der Waals surface area contributed by atoms with E-state index in [9.17, 15) is 9.59 Å². The lowest BCUT2D eigenvalue weighted by atomic mass is 10.1. The lowest BCUT2D eigenvalue weighted by Gasteiger charge is -2.11. The molecule has 0 aliphatic carbocycles. The summed E-state index contributed by atoms with van der Waals surface area (Å²) in [5, 5.41) is 9.35. The molecule has 0 saturated heterocycles. The van der Waals surface area contributed by atoms with Crippen molar-refractivity contribution in [2.24, 2.45) is 0 Å². The Morgan fingerprint density at radius 3 is 2.81 bits per heavy atom. The maximum Gasteiger partial charge on any atom is 0.251 e. The highest BCUT2D eigenvalue weighted by Gasteiger charge is 2.21. The van der Waals surface area contributed by atoms with Crippen molar-refractivity contribution in [1.82, 2.24) is 15.3 Å². The van der Waals surface area contributed by atoms with E-state index in [0.29, 0.717) is 47.7 Å². The Hall–Kier alpha value is -3.49. The zero-order valence-corrected chi connectivity index (χ0v) is 18.2. The molecule has 164 valence electrons. The summed E-state index contributed by atoms with van der Waals surface area (Å²) in [5.41, 5.74) is 4.07. The number of aromatic nitrogens is 2. The van der Waals surface area contributed by atoms with Crippen LogP contribution in [0.2, 0.25) is 5.02 Å². The van der Waals surface area contributed by atoms with Gasteiger partial charge in [-0.25, -0.2) is 9.97 Å². The first-order valence-corrected chi connectivity index (χ1v) is 10.6. The molecule has 0 saturated carbocycles. The van der Waals surface area contributed by atoms with Crippen LogP contribution >= 0.6 is 11.6 Å². The van der Waals surface area contributed by atoms with Gasteiger partial charge in [0.15, 0.2) is 0 Å². The molecule has 3 N–H and O–H groups in total. The van der Waals surface area contributed by atoms with Crippen molar-refractivity contribution in [1.29, 1.82) is 0 Å². The van der Waals surface area contributed by atoms with Crippen LogP contribution in [0.5, 0.6) is 0 Å². The number of anilines is 3. The first kappa shape index (κ1) is 21.7. The quantitative estimate of drug-likeness (QED) is 0.472. The van der Waals surface area contributed by atoms with Crippen LogP contribution in [-0.2, 0) is 16.0 Å². The van der Waals surface area contributed by atoms with Gasteiger partial charge in [-0.15, -0.1) is 0 Å². The molecule has 2 aromatic carbocycles. The molecular weight excluding hydrogens is 430 g/mol. The van der Waals surface area contributed by atoms with Gasteiger partial charge in [0.1, 0.15) is 0 Å². The molecule has 0 unspecified atom stereocenters. The predicted molar refractivity (Wildman–Crippen MR) is 123 cm³/mol. The zero-order valence-electron chi connectivity index (χ0n) is 17.4. The molecule has 32 heavy (non-hydrogen) atoms. The summed E-state index contributed by atoms with van der Waals surface area (Å²) < 4.78 is 5.22. The molecule has 3 aromatic rings. The molecule has 0 radical (unpaired) electrons. The second kappa shape index (κ2) is 9.76. The summed E-state index contributed by atoms with van der Waals surface area (Å²) in [6.07, 6.45) is 1.82. The van der Waals surface area contributed by atoms with Gasteiger partial charge >= 0.3 is 0 Å². The largest absolute Gasteiger partial charge is 0.380 e. The third-order valence-corrected chi connectivity index (χ3v) is 5.10. The number of hydrogen-bond donors (Lipinski definition) is 3. The molecule has 4 rings (SSSR count). The van der Waals surface area contributed by atoms with Gasteiger partial charge in [-0.05, 0) is 49.4 Å². The fraction of sp³-hybridized carbons (Fsp3) is 0.217. The molecule has 1 aliphatic heterocycles. The molecule has 8 nitrogen and oxygen atoms in total. The number of carbonyl (C=O) groups excluding carboxylic acids is 2. The lowest BCUT2D eigenvalue weighted by molar-refractivity contribution is -0.115. The van der Waals surface area contributed by atoms with Crippen LogP contribution in [0.15, 0.2) is 48.7 Å². The summed E-state index contributed by atoms with van der Waals surface area (Å²) in [7, 11) is 0. The van der Waals surface area contributed by atoms with Crippen LogP contribution in [0.4, 0.5) is 17.3 Å². The number of ether oxygens (including phenoxy) is 1. The number of benzene rings is 2. The van der Waals surface area contributed by atoms with Gasteiger partial charge in [-0.2, -0.15) is 0 Å². The van der Waals surface area contributed by atoms with E-state index in [1.165, 1.54) is 0 Å². The van der Waals surface area contributed by atoms with Crippen LogP contribution in [0, 0.1) is 0 Å². The van der Waals surface area contributed by atoms with E-state index in [1.54, 1.807) is 42.6 Å². The topological polar surface area (TPSA) is 105 Å². The molecule has 2 heterocycles. The molecule has 9 heteroatoms. The van der Waals surface area contributed by atoms with Gasteiger partial charge in [0.2, 0.25) is 11.9 Å². The Bertz CT molecular complexity index is 1150. The fourth-order valence-corrected chi connectivity index (χ4v) is 3.51. The molecular formula is C23H22ClN5O3. The van der Waals surface area contributed by atoms with E-state index >= 15 is 0 Å². The molecule has 0 fully saturated rings. The summed E-state index contributed by atoms with van der Waals surface area (Å²) in [5.74, 6) is 0.0737. The normalized spacial score (nSPS) is 12.2. The second-order valence-corrected chi connectivity index (χ2v) is 7.57. The number of nitrogens with zero attached hydrogens (tertiary/aromatic N) is 2. The van der Waals surface area contributed by atoms with Crippen LogP contribution in [-0.4, -0.2) is 41.5 Å². The van der Waals surface area contributed by atoms with Gasteiger partial charge in [0, 0.05) is 46.7 Å². The number of carbonyl (C=O) groups is 2. The minimum absolute atomic E-state index is 0.147. The van der Waals surface area contributed by atoms with Crippen LogP contribution in [0.1, 0.15) is 22.8 Å². The van der Waals surface area contributed by atoms with Crippen LogP contribution in [0.3, 0.4) is 0 Å². The molecule has 2 amide bonds. The second-order valence-electron chi connectivity index (χ2n) is 7.14. The SMILES string of the molecule is CCOCCNC(=O)c1ccc(Nc2ncc3c(n2)-c2ccc(Cl)cc2NC(=O)C3)cc1. The maximum atomic E-state index is 12.2. The Kier molecular flexibility index (Phi) is 6.63. The number of rotatable bonds is 7. The standard InChI is InChI=1S/C23H22ClN5O3/c1-2-32-10-9-25-22(31)14-3-6-17(7-4-14)27-23-26-13-15-11-20(30)28-19-12-16(24)5-8-18(19)21(15)29-23/h3-8,12-13H,2,9-11H2,1H3,(H,25,31)(H,28,30)(H,26,27,29). The number of hydrogen-bond acceptors (Lipinski definition) is 6. The number of fused-ring (bicyclic) bond motifs is 3. The van der Waals surface area contributed by atoms with Gasteiger partial charge in [-0.1, -0.05) is 11.6 Å². The van der Waals surface area contributed by atoms with Gasteiger partial charge in [0.05, 0.1) is 24.4 Å². The van der Waals surface area contributed by atoms with E-state index in [1.807, 2.05) is 13.0 Å². The van der Waals surface area contributed by atoms with Gasteiger partial charge < -0.3 is 20.7 Å². The number of halogens is 1. The first-order chi connectivity index (χ1) is 15.5. The average Bonchev–Trinajstić information content (AvgIpc) is 2.91. The van der Waals surface area contributed by atoms with Crippen molar-refractivity contribution < 1.29 is 14.3 Å². The third kappa shape index (κ3) is 5.04. The predicted octanol–water partition coefficient (Wildman–Crippen LogP) is 3.80. The molecule has 0 spiro atoms. The first-order valence-electron chi connectivity index (χ1n) is 10.2. The molecule has 1 aromatic heterocycles. The number of amides is 2. The monoisotopic (exact) mass is 451 g/mol. The van der Waals surface area contributed by atoms with Gasteiger partial charge in [-0.3, -0.25) is 9.59 Å². The highest BCUT2D eigenvalue weighted by molar-refractivity contribution is 6.31. The van der Waals surface area contributed by atoms with Crippen molar-refractivity contribution >= 4 is 40.7 Å². The van der Waals surface area contributed by atoms with E-state index in [4.69, 9.17) is 16.3 Å². The minimum Gasteiger partial charge on any atom is -0.380 e. The van der Waals surface area contributed by atoms with Crippen molar-refractivity contribution in [2.45, 2.75) is 13.3 Å². The van der Waals surface area contributed by atoms with Crippen molar-refractivity contribution in [3.05, 3.63) is 64.8 Å². The van der Waals surface area contributed by atoms with E-state index in [-0.39, 0.29) is 18.2 Å². The third-order valence-electron chi connectivity index (χ3n) is 4.87. The molecule has 0 atom stereocenters. The summed E-state index contributed by atoms with van der Waals surface area (Å²) >= 11 is 6.09. The van der Waals surface area contributed by atoms with Crippen molar-refractivity contribution in [3.63, 3.8) is 0 Å². The van der Waals surface area contributed by atoms with E-state index < -0.39 is 0 Å². The smallest absolute Gasteiger partial charge is 0.251 e. The molecule has 0 bridgehead atoms. The fourth-order valence-electron chi connectivity index (χ4n) is 3.34. The number of nitrogens with one attached hydrogen (secondary N) is 3. The average molecular weight is 452 g/mol. The maximum absolute atomic E-state index is 12.2. The molecule has 1 aliphatic rings. The highest BCUT2D eigenvalue weighted by Crippen LogP contribution is 2.34. The van der Waals surface area contributed by atoms with E-state index in [0.717, 1.165) is 16.8 Å². The van der Waals surface area contributed by atoms with Crippen LogP contribution < -0.4 is 16.0 Å². The Balaban J connectivity index is 1.51. The van der Waals surface area contributed by atoms with Gasteiger partial charge in [0.25, 0.3) is 5.91 Å². The summed E-state index contributed by atoms with van der Waals surface area (Å²) in [6, 6.07) is 12.3. The summed E-state index contributed by atoms with van der Waals surface area (Å²) in [6.45, 7) is 3.47. The lowest BCUT2D eigenvalue weighted by Crippen LogP contribution is -2.27. The van der Waals surface area contributed by atoms with Crippen molar-refractivity contribution in [2.75, 3.05) is 30.4 Å².